The average Bonchev–Trinajstić information content (AvgIpc) is 3.20. The van der Waals surface area contributed by atoms with Crippen LogP contribution in [0.2, 0.25) is 5.02 Å². The van der Waals surface area contributed by atoms with Gasteiger partial charge in [-0.3, -0.25) is 9.59 Å². The highest BCUT2D eigenvalue weighted by atomic mass is 35.5. The van der Waals surface area contributed by atoms with Gasteiger partial charge in [0.05, 0.1) is 12.1 Å². The van der Waals surface area contributed by atoms with Crippen molar-refractivity contribution in [1.82, 2.24) is 4.90 Å². The molecule has 3 rings (SSSR count). The van der Waals surface area contributed by atoms with Crippen molar-refractivity contribution >= 4 is 40.4 Å². The van der Waals surface area contributed by atoms with Crippen molar-refractivity contribution < 1.29 is 14.0 Å². The first kappa shape index (κ1) is 16.9. The minimum atomic E-state index is -0.592. The molecular formula is C17H16ClFN2O2S. The second-order valence-electron chi connectivity index (χ2n) is 5.61. The second kappa shape index (κ2) is 7.32. The van der Waals surface area contributed by atoms with Crippen LogP contribution in [-0.4, -0.2) is 29.3 Å². The first-order valence-corrected chi connectivity index (χ1v) is 8.88. The summed E-state index contributed by atoms with van der Waals surface area (Å²) in [7, 11) is 0. The van der Waals surface area contributed by atoms with Crippen LogP contribution in [0.1, 0.15) is 17.7 Å². The minimum Gasteiger partial charge on any atom is -0.330 e. The van der Waals surface area contributed by atoms with Gasteiger partial charge in [0.2, 0.25) is 11.8 Å². The van der Waals surface area contributed by atoms with E-state index in [0.717, 1.165) is 17.4 Å². The number of likely N-dealkylation sites (tertiary alicyclic amines) is 1. The van der Waals surface area contributed by atoms with Crippen LogP contribution in [0.25, 0.3) is 0 Å². The van der Waals surface area contributed by atoms with Gasteiger partial charge in [0.25, 0.3) is 0 Å². The van der Waals surface area contributed by atoms with E-state index in [9.17, 15) is 14.0 Å². The number of nitrogens with one attached hydrogen (secondary N) is 1. The lowest BCUT2D eigenvalue weighted by molar-refractivity contribution is -0.136. The number of carbonyl (C=O) groups is 2. The molecule has 1 fully saturated rings. The number of halogens is 2. The lowest BCUT2D eigenvalue weighted by Gasteiger charge is -2.24. The lowest BCUT2D eigenvalue weighted by Crippen LogP contribution is -2.43. The molecular weight excluding hydrogens is 351 g/mol. The van der Waals surface area contributed by atoms with Crippen molar-refractivity contribution in [1.29, 1.82) is 0 Å². The van der Waals surface area contributed by atoms with Gasteiger partial charge in [-0.05, 0) is 42.5 Å². The fourth-order valence-electron chi connectivity index (χ4n) is 2.81. The van der Waals surface area contributed by atoms with Crippen molar-refractivity contribution in [3.8, 4) is 0 Å². The molecule has 24 heavy (non-hydrogen) atoms. The number of carbonyl (C=O) groups excluding carboxylic acids is 2. The topological polar surface area (TPSA) is 49.4 Å². The van der Waals surface area contributed by atoms with E-state index in [2.05, 4.69) is 5.32 Å². The Bertz CT molecular complexity index is 751. The minimum absolute atomic E-state index is 0.0713. The Hall–Kier alpha value is -1.92. The standard InChI is InChI=1S/C17H16ClFN2O2S/c18-11-5-6-14(13(19)9-11)20-17(23)15-4-1-7-21(15)16(22)10-12-3-2-8-24-12/h2-3,5-6,8-9,15H,1,4,7,10H2,(H,20,23). The molecule has 0 saturated carbocycles. The Balaban J connectivity index is 1.68. The third-order valence-electron chi connectivity index (χ3n) is 3.97. The van der Waals surface area contributed by atoms with Crippen molar-refractivity contribution in [2.45, 2.75) is 25.3 Å². The fraction of sp³-hybridized carbons (Fsp3) is 0.294. The number of amides is 2. The van der Waals surface area contributed by atoms with Gasteiger partial charge >= 0.3 is 0 Å². The van der Waals surface area contributed by atoms with E-state index in [-0.39, 0.29) is 28.9 Å². The van der Waals surface area contributed by atoms with Gasteiger partial charge in [0, 0.05) is 16.4 Å². The maximum atomic E-state index is 13.8. The van der Waals surface area contributed by atoms with E-state index < -0.39 is 11.9 Å². The van der Waals surface area contributed by atoms with Crippen LogP contribution in [0.3, 0.4) is 0 Å². The summed E-state index contributed by atoms with van der Waals surface area (Å²) < 4.78 is 13.8. The molecule has 1 atom stereocenters. The van der Waals surface area contributed by atoms with Crippen molar-refractivity contribution in [2.75, 3.05) is 11.9 Å². The zero-order valence-corrected chi connectivity index (χ0v) is 14.4. The Morgan fingerprint density at radius 3 is 2.92 bits per heavy atom. The summed E-state index contributed by atoms with van der Waals surface area (Å²) in [6.07, 6.45) is 1.63. The largest absolute Gasteiger partial charge is 0.330 e. The van der Waals surface area contributed by atoms with Gasteiger partial charge in [-0.25, -0.2) is 4.39 Å². The first-order chi connectivity index (χ1) is 11.5. The molecule has 126 valence electrons. The molecule has 0 aliphatic carbocycles. The average molecular weight is 367 g/mol. The zero-order chi connectivity index (χ0) is 17.1. The van der Waals surface area contributed by atoms with Gasteiger partial charge in [-0.2, -0.15) is 0 Å². The molecule has 1 unspecified atom stereocenters. The molecule has 1 saturated heterocycles. The second-order valence-corrected chi connectivity index (χ2v) is 7.08. The number of anilines is 1. The van der Waals surface area contributed by atoms with Gasteiger partial charge in [-0.1, -0.05) is 17.7 Å². The van der Waals surface area contributed by atoms with E-state index in [4.69, 9.17) is 11.6 Å². The van der Waals surface area contributed by atoms with Crippen molar-refractivity contribution in [3.05, 3.63) is 51.4 Å². The molecule has 1 aliphatic heterocycles. The quantitative estimate of drug-likeness (QED) is 0.896. The van der Waals surface area contributed by atoms with Crippen LogP contribution >= 0.6 is 22.9 Å². The highest BCUT2D eigenvalue weighted by Crippen LogP contribution is 2.23. The van der Waals surface area contributed by atoms with E-state index in [1.807, 2.05) is 17.5 Å². The molecule has 7 heteroatoms. The Morgan fingerprint density at radius 1 is 1.38 bits per heavy atom. The smallest absolute Gasteiger partial charge is 0.247 e. The Morgan fingerprint density at radius 2 is 2.21 bits per heavy atom. The maximum Gasteiger partial charge on any atom is 0.247 e. The van der Waals surface area contributed by atoms with E-state index in [1.54, 1.807) is 4.90 Å². The molecule has 1 aromatic carbocycles. The molecule has 0 radical (unpaired) electrons. The molecule has 0 spiro atoms. The van der Waals surface area contributed by atoms with E-state index >= 15 is 0 Å². The summed E-state index contributed by atoms with van der Waals surface area (Å²) in [4.78, 5) is 27.5. The summed E-state index contributed by atoms with van der Waals surface area (Å²) in [6.45, 7) is 0.547. The molecule has 1 aromatic heterocycles. The third kappa shape index (κ3) is 3.76. The summed E-state index contributed by atoms with van der Waals surface area (Å²) in [6, 6.07) is 7.30. The normalized spacial score (nSPS) is 17.1. The highest BCUT2D eigenvalue weighted by molar-refractivity contribution is 7.10. The fourth-order valence-corrected chi connectivity index (χ4v) is 3.66. The molecule has 2 amide bonds. The highest BCUT2D eigenvalue weighted by Gasteiger charge is 2.34. The van der Waals surface area contributed by atoms with Crippen LogP contribution < -0.4 is 5.32 Å². The van der Waals surface area contributed by atoms with E-state index in [0.29, 0.717) is 13.0 Å². The van der Waals surface area contributed by atoms with Gasteiger partial charge in [0.15, 0.2) is 0 Å². The van der Waals surface area contributed by atoms with Crippen LogP contribution in [0.4, 0.5) is 10.1 Å². The van der Waals surface area contributed by atoms with Crippen molar-refractivity contribution in [3.63, 3.8) is 0 Å². The molecule has 1 N–H and O–H groups in total. The summed E-state index contributed by atoms with van der Waals surface area (Å²) in [5.74, 6) is -1.04. The molecule has 2 heterocycles. The SMILES string of the molecule is O=C(Nc1ccc(Cl)cc1F)C1CCCN1C(=O)Cc1cccs1. The number of thiophene rings is 1. The Kier molecular flexibility index (Phi) is 5.16. The number of rotatable bonds is 4. The number of hydrogen-bond donors (Lipinski definition) is 1. The van der Waals surface area contributed by atoms with Gasteiger partial charge < -0.3 is 10.2 Å². The van der Waals surface area contributed by atoms with Crippen LogP contribution in [-0.2, 0) is 16.0 Å². The van der Waals surface area contributed by atoms with Crippen LogP contribution in [0, 0.1) is 5.82 Å². The predicted molar refractivity (Wildman–Crippen MR) is 92.8 cm³/mol. The van der Waals surface area contributed by atoms with Crippen LogP contribution in [0.5, 0.6) is 0 Å². The molecule has 4 nitrogen and oxygen atoms in total. The molecule has 1 aliphatic rings. The first-order valence-electron chi connectivity index (χ1n) is 7.62. The Labute approximate surface area is 148 Å². The third-order valence-corrected chi connectivity index (χ3v) is 5.08. The number of nitrogens with zero attached hydrogens (tertiary/aromatic N) is 1. The van der Waals surface area contributed by atoms with E-state index in [1.165, 1.54) is 23.5 Å². The molecule has 2 aromatic rings. The van der Waals surface area contributed by atoms with Gasteiger partial charge in [0.1, 0.15) is 11.9 Å². The molecule has 0 bridgehead atoms. The number of hydrogen-bond acceptors (Lipinski definition) is 3. The monoisotopic (exact) mass is 366 g/mol. The van der Waals surface area contributed by atoms with Crippen molar-refractivity contribution in [2.24, 2.45) is 0 Å². The number of benzene rings is 1. The van der Waals surface area contributed by atoms with Gasteiger partial charge in [-0.15, -0.1) is 11.3 Å². The summed E-state index contributed by atoms with van der Waals surface area (Å²) >= 11 is 7.22. The summed E-state index contributed by atoms with van der Waals surface area (Å²) in [5.41, 5.74) is 0.0713. The maximum absolute atomic E-state index is 13.8. The summed E-state index contributed by atoms with van der Waals surface area (Å²) in [5, 5.41) is 4.74. The zero-order valence-electron chi connectivity index (χ0n) is 12.8. The lowest BCUT2D eigenvalue weighted by atomic mass is 10.2. The predicted octanol–water partition coefficient (Wildman–Crippen LogP) is 3.71. The van der Waals surface area contributed by atoms with Crippen LogP contribution in [0.15, 0.2) is 35.7 Å².